The Morgan fingerprint density at radius 1 is 0.816 bits per heavy atom. The van der Waals surface area contributed by atoms with Gasteiger partial charge >= 0.3 is 0 Å². The molecule has 3 aromatic rings. The lowest BCUT2D eigenvalue weighted by atomic mass is 10.2. The Labute approximate surface area is 227 Å². The minimum Gasteiger partial charge on any atom is -0.487 e. The maximum atomic E-state index is 11.1. The molecule has 11 heteroatoms. The fourth-order valence-corrected chi connectivity index (χ4v) is 5.61. The number of para-hydroxylation sites is 1. The molecular formula is C27H34NO8S2+. The highest BCUT2D eigenvalue weighted by Gasteiger charge is 2.18. The van der Waals surface area contributed by atoms with Crippen LogP contribution in [0.25, 0.3) is 22.4 Å². The molecule has 0 saturated heterocycles. The molecule has 2 heterocycles. The third-order valence-corrected chi connectivity index (χ3v) is 7.71. The van der Waals surface area contributed by atoms with E-state index in [9.17, 15) is 8.42 Å². The van der Waals surface area contributed by atoms with E-state index < -0.39 is 10.1 Å². The molecule has 0 unspecified atom stereocenters. The van der Waals surface area contributed by atoms with Gasteiger partial charge in [-0.15, -0.1) is 0 Å². The average molecular weight is 565 g/mol. The van der Waals surface area contributed by atoms with Gasteiger partial charge in [-0.3, -0.25) is 4.55 Å². The molecule has 38 heavy (non-hydrogen) atoms. The average Bonchev–Trinajstić information content (AvgIpc) is 3.24. The second-order valence-corrected chi connectivity index (χ2v) is 11.3. The molecule has 1 aliphatic rings. The van der Waals surface area contributed by atoms with Gasteiger partial charge in [-0.25, -0.2) is 0 Å². The fraction of sp³-hybridized carbons (Fsp3) is 0.444. The van der Waals surface area contributed by atoms with E-state index in [0.717, 1.165) is 20.8 Å². The van der Waals surface area contributed by atoms with Crippen molar-refractivity contribution in [2.45, 2.75) is 19.4 Å². The molecule has 206 valence electrons. The summed E-state index contributed by atoms with van der Waals surface area (Å²) in [6.07, 6.45) is 5.10. The Balaban J connectivity index is 1.50. The topological polar surface area (TPSA) is 104 Å². The van der Waals surface area contributed by atoms with Crippen molar-refractivity contribution in [3.05, 3.63) is 53.0 Å². The van der Waals surface area contributed by atoms with E-state index in [0.29, 0.717) is 83.7 Å². The van der Waals surface area contributed by atoms with Gasteiger partial charge in [0, 0.05) is 18.6 Å². The van der Waals surface area contributed by atoms with Crippen LogP contribution in [0.3, 0.4) is 0 Å². The molecule has 0 radical (unpaired) electrons. The first-order valence-electron chi connectivity index (χ1n) is 12.7. The second kappa shape index (κ2) is 14.6. The van der Waals surface area contributed by atoms with Crippen LogP contribution in [0, 0.1) is 0 Å². The lowest BCUT2D eigenvalue weighted by Gasteiger charge is -2.13. The molecule has 0 atom stereocenters. The monoisotopic (exact) mass is 564 g/mol. The van der Waals surface area contributed by atoms with E-state index in [-0.39, 0.29) is 5.75 Å². The Morgan fingerprint density at radius 2 is 1.47 bits per heavy atom. The zero-order valence-corrected chi connectivity index (χ0v) is 22.9. The zero-order valence-electron chi connectivity index (χ0n) is 21.3. The van der Waals surface area contributed by atoms with E-state index in [1.807, 2.05) is 36.4 Å². The van der Waals surface area contributed by atoms with Crippen LogP contribution in [0.2, 0.25) is 0 Å². The summed E-state index contributed by atoms with van der Waals surface area (Å²) in [5.41, 5.74) is 2.04. The van der Waals surface area contributed by atoms with Crippen molar-refractivity contribution in [1.29, 1.82) is 0 Å². The summed E-state index contributed by atoms with van der Waals surface area (Å²) in [5, 5.41) is 1.04. The third kappa shape index (κ3) is 9.04. The summed E-state index contributed by atoms with van der Waals surface area (Å²) in [6.45, 7) is 4.39. The van der Waals surface area contributed by atoms with Crippen molar-refractivity contribution in [1.82, 2.24) is 0 Å². The van der Waals surface area contributed by atoms with Gasteiger partial charge in [-0.05, 0) is 36.3 Å². The number of hydrogen-bond acceptors (Lipinski definition) is 8. The summed E-state index contributed by atoms with van der Waals surface area (Å²) >= 11 is 1.67. The first kappa shape index (κ1) is 28.5. The first-order chi connectivity index (χ1) is 18.5. The van der Waals surface area contributed by atoms with Crippen LogP contribution in [-0.2, 0) is 30.9 Å². The number of rotatable bonds is 7. The van der Waals surface area contributed by atoms with Gasteiger partial charge in [0.05, 0.1) is 45.4 Å². The number of benzene rings is 2. The lowest BCUT2D eigenvalue weighted by Crippen LogP contribution is -2.35. The molecule has 0 bridgehead atoms. The van der Waals surface area contributed by atoms with Crippen molar-refractivity contribution < 1.29 is 41.2 Å². The smallest absolute Gasteiger partial charge is 0.264 e. The van der Waals surface area contributed by atoms with E-state index in [1.165, 1.54) is 0 Å². The maximum Gasteiger partial charge on any atom is 0.264 e. The van der Waals surface area contributed by atoms with Crippen molar-refractivity contribution in [2.24, 2.45) is 0 Å². The summed E-state index contributed by atoms with van der Waals surface area (Å²) < 4.78 is 63.0. The van der Waals surface area contributed by atoms with E-state index in [4.69, 9.17) is 28.2 Å². The molecule has 0 aliphatic carbocycles. The van der Waals surface area contributed by atoms with E-state index in [2.05, 4.69) is 22.8 Å². The standard InChI is InChI=1S/C27H33NO8S2/c29-38(30,31)20-4-3-11-28-23-5-1-2-6-26(23)37-27(28)10-8-22-7-9-24-25(21-22)36-19-17-34-15-13-32-12-14-33-16-18-35-24/h1-2,5-10,21H,3-4,11-20H2/p+1/b10-8+. The van der Waals surface area contributed by atoms with Crippen LogP contribution in [0.15, 0.2) is 42.5 Å². The molecule has 1 aromatic heterocycles. The number of thiazole rings is 1. The normalized spacial score (nSPS) is 16.3. The highest BCUT2D eigenvalue weighted by Crippen LogP contribution is 2.30. The molecule has 0 saturated carbocycles. The van der Waals surface area contributed by atoms with Crippen LogP contribution in [-0.4, -0.2) is 71.6 Å². The predicted molar refractivity (Wildman–Crippen MR) is 146 cm³/mol. The van der Waals surface area contributed by atoms with Gasteiger partial charge in [-0.2, -0.15) is 13.0 Å². The minimum atomic E-state index is -3.95. The van der Waals surface area contributed by atoms with E-state index >= 15 is 0 Å². The largest absolute Gasteiger partial charge is 0.487 e. The molecule has 2 aromatic carbocycles. The molecular weight excluding hydrogens is 530 g/mol. The zero-order chi connectivity index (χ0) is 26.6. The summed E-state index contributed by atoms with van der Waals surface area (Å²) in [6, 6.07) is 13.9. The molecule has 0 amide bonds. The first-order valence-corrected chi connectivity index (χ1v) is 15.1. The van der Waals surface area contributed by atoms with Crippen LogP contribution >= 0.6 is 11.3 Å². The fourth-order valence-electron chi connectivity index (χ4n) is 3.95. The molecule has 0 spiro atoms. The Hall–Kier alpha value is -2.54. The lowest BCUT2D eigenvalue weighted by molar-refractivity contribution is -0.669. The minimum absolute atomic E-state index is 0.233. The van der Waals surface area contributed by atoms with Crippen molar-refractivity contribution >= 4 is 43.8 Å². The Bertz CT molecular complexity index is 1310. The Kier molecular flexibility index (Phi) is 10.9. The van der Waals surface area contributed by atoms with Gasteiger partial charge in [-0.1, -0.05) is 29.5 Å². The molecule has 9 nitrogen and oxygen atoms in total. The quantitative estimate of drug-likeness (QED) is 0.262. The van der Waals surface area contributed by atoms with E-state index in [1.54, 1.807) is 11.3 Å². The number of aromatic nitrogens is 1. The second-order valence-electron chi connectivity index (χ2n) is 8.63. The summed E-state index contributed by atoms with van der Waals surface area (Å²) in [7, 11) is -3.95. The highest BCUT2D eigenvalue weighted by atomic mass is 32.2. The van der Waals surface area contributed by atoms with Crippen LogP contribution in [0.5, 0.6) is 11.5 Å². The highest BCUT2D eigenvalue weighted by molar-refractivity contribution is 7.85. The van der Waals surface area contributed by atoms with Crippen LogP contribution in [0.4, 0.5) is 0 Å². The summed E-state index contributed by atoms with van der Waals surface area (Å²) in [5.74, 6) is 1.05. The number of aryl methyl sites for hydroxylation is 1. The molecule has 0 fully saturated rings. The van der Waals surface area contributed by atoms with Gasteiger partial charge in [0.2, 0.25) is 5.52 Å². The number of unbranched alkanes of at least 4 members (excludes halogenated alkanes) is 1. The Morgan fingerprint density at radius 3 is 2.18 bits per heavy atom. The molecule has 1 aliphatic heterocycles. The molecule has 4 rings (SSSR count). The van der Waals surface area contributed by atoms with Gasteiger partial charge in [0.1, 0.15) is 17.9 Å². The van der Waals surface area contributed by atoms with Crippen LogP contribution < -0.4 is 14.0 Å². The third-order valence-electron chi connectivity index (χ3n) is 5.77. The van der Waals surface area contributed by atoms with Gasteiger partial charge < -0.3 is 23.7 Å². The number of hydrogen-bond donors (Lipinski definition) is 1. The molecule has 1 N–H and O–H groups in total. The van der Waals surface area contributed by atoms with Crippen molar-refractivity contribution in [3.63, 3.8) is 0 Å². The van der Waals surface area contributed by atoms with Crippen molar-refractivity contribution in [3.8, 4) is 11.5 Å². The van der Waals surface area contributed by atoms with Crippen molar-refractivity contribution in [2.75, 3.05) is 58.6 Å². The maximum absolute atomic E-state index is 11.1. The predicted octanol–water partition coefficient (Wildman–Crippen LogP) is 3.85. The van der Waals surface area contributed by atoms with Crippen LogP contribution in [0.1, 0.15) is 23.4 Å². The number of ether oxygens (including phenoxy) is 5. The van der Waals surface area contributed by atoms with Gasteiger partial charge in [0.25, 0.3) is 15.1 Å². The SMILES string of the molecule is O=S(=O)(O)CCCC[n+]1c(/C=C/c2ccc3c(c2)OCCOCCOCCOCCO3)sc2ccccc21. The number of nitrogens with zero attached hydrogens (tertiary/aromatic N) is 1. The van der Waals surface area contributed by atoms with Gasteiger partial charge in [0.15, 0.2) is 18.0 Å². The number of fused-ring (bicyclic) bond motifs is 2. The summed E-state index contributed by atoms with van der Waals surface area (Å²) in [4.78, 5) is 0.